The predicted octanol–water partition coefficient (Wildman–Crippen LogP) is 1.74. The molecule has 0 atom stereocenters. The van der Waals surface area contributed by atoms with E-state index in [9.17, 15) is 9.59 Å². The zero-order valence-electron chi connectivity index (χ0n) is 10.0. The van der Waals surface area contributed by atoms with E-state index in [1.165, 1.54) is 27.7 Å². The van der Waals surface area contributed by atoms with Crippen LogP contribution >= 0.6 is 23.1 Å². The molecule has 0 spiro atoms. The van der Waals surface area contributed by atoms with Crippen molar-refractivity contribution in [2.75, 3.05) is 12.9 Å². The van der Waals surface area contributed by atoms with Gasteiger partial charge < -0.3 is 4.74 Å². The van der Waals surface area contributed by atoms with E-state index in [1.807, 2.05) is 11.6 Å². The molecular formula is C11H12N2O3S2. The molecule has 0 amide bonds. The van der Waals surface area contributed by atoms with E-state index in [2.05, 4.69) is 4.98 Å². The van der Waals surface area contributed by atoms with E-state index in [1.54, 1.807) is 13.0 Å². The van der Waals surface area contributed by atoms with Crippen LogP contribution in [0.25, 0.3) is 10.2 Å². The number of thioether (sulfide) groups is 1. The molecule has 0 aromatic carbocycles. The van der Waals surface area contributed by atoms with E-state index >= 15 is 0 Å². The van der Waals surface area contributed by atoms with Gasteiger partial charge in [0, 0.05) is 0 Å². The molecule has 2 aromatic heterocycles. The molecule has 2 heterocycles. The maximum atomic E-state index is 12.2. The Bertz CT molecular complexity index is 633. The average molecular weight is 284 g/mol. The number of rotatable bonds is 4. The normalized spacial score (nSPS) is 10.8. The molecule has 0 unspecified atom stereocenters. The molecule has 0 aliphatic rings. The Hall–Kier alpha value is -1.34. The van der Waals surface area contributed by atoms with Gasteiger partial charge in [0.15, 0.2) is 5.16 Å². The number of nitrogens with zero attached hydrogens (tertiary/aromatic N) is 2. The Morgan fingerprint density at radius 1 is 1.61 bits per heavy atom. The molecule has 0 saturated heterocycles. The number of esters is 1. The molecule has 0 bridgehead atoms. The van der Waals surface area contributed by atoms with Crippen molar-refractivity contribution in [3.8, 4) is 0 Å². The highest BCUT2D eigenvalue weighted by Crippen LogP contribution is 2.19. The summed E-state index contributed by atoms with van der Waals surface area (Å²) in [5.41, 5.74) is 0.488. The quantitative estimate of drug-likeness (QED) is 0.486. The zero-order chi connectivity index (χ0) is 13.1. The maximum Gasteiger partial charge on any atom is 0.326 e. The van der Waals surface area contributed by atoms with Gasteiger partial charge in [-0.1, -0.05) is 11.8 Å². The number of carbonyl (C=O) groups excluding carboxylic acids is 1. The minimum absolute atomic E-state index is 0.0936. The second-order valence-corrected chi connectivity index (χ2v) is 5.12. The summed E-state index contributed by atoms with van der Waals surface area (Å²) in [4.78, 5) is 28.1. The van der Waals surface area contributed by atoms with Gasteiger partial charge in [0.25, 0.3) is 5.56 Å². The van der Waals surface area contributed by atoms with Gasteiger partial charge in [-0.15, -0.1) is 11.3 Å². The van der Waals surface area contributed by atoms with Crippen molar-refractivity contribution in [1.29, 1.82) is 0 Å². The Morgan fingerprint density at radius 2 is 2.39 bits per heavy atom. The van der Waals surface area contributed by atoms with Crippen LogP contribution in [0.4, 0.5) is 0 Å². The van der Waals surface area contributed by atoms with Crippen molar-refractivity contribution < 1.29 is 9.53 Å². The molecule has 18 heavy (non-hydrogen) atoms. The van der Waals surface area contributed by atoms with Crippen LogP contribution in [-0.2, 0) is 16.1 Å². The fourth-order valence-corrected chi connectivity index (χ4v) is 2.89. The lowest BCUT2D eigenvalue weighted by molar-refractivity contribution is -0.144. The van der Waals surface area contributed by atoms with Crippen LogP contribution in [0.1, 0.15) is 6.92 Å². The summed E-state index contributed by atoms with van der Waals surface area (Å²) in [5.74, 6) is -0.424. The highest BCUT2D eigenvalue weighted by Gasteiger charge is 2.14. The Morgan fingerprint density at radius 3 is 3.06 bits per heavy atom. The Labute approximate surface area is 112 Å². The molecule has 0 N–H and O–H groups in total. The van der Waals surface area contributed by atoms with Crippen molar-refractivity contribution in [3.05, 3.63) is 21.8 Å². The third-order valence-electron chi connectivity index (χ3n) is 2.31. The molecule has 0 aliphatic carbocycles. The summed E-state index contributed by atoms with van der Waals surface area (Å²) >= 11 is 2.67. The van der Waals surface area contributed by atoms with Crippen molar-refractivity contribution >= 4 is 39.3 Å². The van der Waals surface area contributed by atoms with Crippen molar-refractivity contribution in [2.24, 2.45) is 0 Å². The van der Waals surface area contributed by atoms with Crippen LogP contribution in [0, 0.1) is 0 Å². The number of aromatic nitrogens is 2. The van der Waals surface area contributed by atoms with Gasteiger partial charge in [-0.2, -0.15) is 0 Å². The van der Waals surface area contributed by atoms with Gasteiger partial charge in [0.2, 0.25) is 0 Å². The summed E-state index contributed by atoms with van der Waals surface area (Å²) in [6.45, 7) is 1.94. The monoisotopic (exact) mass is 284 g/mol. The topological polar surface area (TPSA) is 61.2 Å². The van der Waals surface area contributed by atoms with Gasteiger partial charge >= 0.3 is 5.97 Å². The zero-order valence-corrected chi connectivity index (χ0v) is 11.6. The first-order valence-electron chi connectivity index (χ1n) is 5.35. The molecule has 5 nitrogen and oxygen atoms in total. The molecule has 7 heteroatoms. The second kappa shape index (κ2) is 5.53. The van der Waals surface area contributed by atoms with E-state index in [4.69, 9.17) is 4.74 Å². The first-order chi connectivity index (χ1) is 8.67. The van der Waals surface area contributed by atoms with Gasteiger partial charge in [-0.3, -0.25) is 14.2 Å². The van der Waals surface area contributed by atoms with Crippen LogP contribution in [0.3, 0.4) is 0 Å². The first-order valence-corrected chi connectivity index (χ1v) is 7.45. The number of fused-ring (bicyclic) bond motifs is 1. The van der Waals surface area contributed by atoms with Gasteiger partial charge in [-0.25, -0.2) is 4.98 Å². The molecule has 2 rings (SSSR count). The molecule has 0 fully saturated rings. The fraction of sp³-hybridized carbons (Fsp3) is 0.364. The van der Waals surface area contributed by atoms with E-state index in [0.717, 1.165) is 0 Å². The van der Waals surface area contributed by atoms with Crippen LogP contribution in [0.5, 0.6) is 0 Å². The molecule has 0 saturated carbocycles. The van der Waals surface area contributed by atoms with Crippen molar-refractivity contribution in [2.45, 2.75) is 18.6 Å². The summed E-state index contributed by atoms with van der Waals surface area (Å²) < 4.78 is 6.79. The number of carbonyl (C=O) groups is 1. The van der Waals surface area contributed by atoms with Gasteiger partial charge in [0.05, 0.1) is 12.1 Å². The third-order valence-corrected chi connectivity index (χ3v) is 3.87. The Balaban J connectivity index is 2.50. The van der Waals surface area contributed by atoms with Gasteiger partial charge in [-0.05, 0) is 24.6 Å². The average Bonchev–Trinajstić information content (AvgIpc) is 2.81. The minimum atomic E-state index is -0.424. The highest BCUT2D eigenvalue weighted by molar-refractivity contribution is 7.98. The maximum absolute atomic E-state index is 12.2. The lowest BCUT2D eigenvalue weighted by atomic mass is 10.4. The van der Waals surface area contributed by atoms with Crippen LogP contribution in [0.15, 0.2) is 21.4 Å². The number of thiophene rings is 1. The fourth-order valence-electron chi connectivity index (χ4n) is 1.55. The van der Waals surface area contributed by atoms with Gasteiger partial charge in [0.1, 0.15) is 11.2 Å². The standard InChI is InChI=1S/C11H12N2O3S2/c1-3-16-8(14)6-13-10(15)9-7(4-5-18-9)12-11(13)17-2/h4-5H,3,6H2,1-2H3. The molecule has 2 aromatic rings. The molecule has 96 valence electrons. The molecular weight excluding hydrogens is 272 g/mol. The number of hydrogen-bond acceptors (Lipinski definition) is 6. The van der Waals surface area contributed by atoms with E-state index in [0.29, 0.717) is 22.0 Å². The summed E-state index contributed by atoms with van der Waals surface area (Å²) in [6.07, 6.45) is 1.82. The number of hydrogen-bond donors (Lipinski definition) is 0. The second-order valence-electron chi connectivity index (χ2n) is 3.43. The van der Waals surface area contributed by atoms with Crippen molar-refractivity contribution in [3.63, 3.8) is 0 Å². The lowest BCUT2D eigenvalue weighted by Crippen LogP contribution is -2.27. The highest BCUT2D eigenvalue weighted by atomic mass is 32.2. The minimum Gasteiger partial charge on any atom is -0.465 e. The number of ether oxygens (including phenoxy) is 1. The van der Waals surface area contributed by atoms with E-state index in [-0.39, 0.29) is 12.1 Å². The largest absolute Gasteiger partial charge is 0.465 e. The van der Waals surface area contributed by atoms with Crippen LogP contribution in [0.2, 0.25) is 0 Å². The molecule has 0 aliphatic heterocycles. The summed E-state index contributed by atoms with van der Waals surface area (Å²) in [5, 5.41) is 2.34. The third kappa shape index (κ3) is 2.41. The predicted molar refractivity (Wildman–Crippen MR) is 72.3 cm³/mol. The van der Waals surface area contributed by atoms with Crippen LogP contribution in [-0.4, -0.2) is 28.4 Å². The first kappa shape index (κ1) is 13.1. The summed E-state index contributed by atoms with van der Waals surface area (Å²) in [6, 6.07) is 1.80. The summed E-state index contributed by atoms with van der Waals surface area (Å²) in [7, 11) is 0. The van der Waals surface area contributed by atoms with E-state index < -0.39 is 5.97 Å². The Kier molecular flexibility index (Phi) is 4.03. The SMILES string of the molecule is CCOC(=O)Cn1c(SC)nc2ccsc2c1=O. The van der Waals surface area contributed by atoms with Crippen molar-refractivity contribution in [1.82, 2.24) is 9.55 Å². The smallest absolute Gasteiger partial charge is 0.326 e. The molecule has 0 radical (unpaired) electrons. The lowest BCUT2D eigenvalue weighted by Gasteiger charge is -2.09. The van der Waals surface area contributed by atoms with Crippen LogP contribution < -0.4 is 5.56 Å².